The molecular formula is C55H99N2O6P. The van der Waals surface area contributed by atoms with Crippen LogP contribution in [0, 0.1) is 0 Å². The van der Waals surface area contributed by atoms with Gasteiger partial charge in [-0.3, -0.25) is 9.36 Å². The number of nitrogens with zero attached hydrogens (tertiary/aromatic N) is 1. The smallest absolute Gasteiger partial charge is 0.268 e. The predicted octanol–water partition coefficient (Wildman–Crippen LogP) is 14.7. The van der Waals surface area contributed by atoms with Gasteiger partial charge in [0.2, 0.25) is 5.91 Å². The zero-order chi connectivity index (χ0) is 47.1. The Balaban J connectivity index is 4.42. The Morgan fingerprint density at radius 2 is 0.969 bits per heavy atom. The Morgan fingerprint density at radius 1 is 0.562 bits per heavy atom. The van der Waals surface area contributed by atoms with Gasteiger partial charge < -0.3 is 28.8 Å². The lowest BCUT2D eigenvalue weighted by atomic mass is 10.0. The number of phosphoric acid groups is 1. The first kappa shape index (κ1) is 61.7. The van der Waals surface area contributed by atoms with Crippen LogP contribution in [0.5, 0.6) is 0 Å². The SMILES string of the molecule is CC/C=C\C/C=C\C/C=C\C/C=C\C/C=C\CCCCCC(=O)NC(COP(=O)([O-])OCC[N+](C)(C)C)C(O)/C=C/CC/C=C/CCCCCCCCCCCCCCCCCCC. The van der Waals surface area contributed by atoms with Gasteiger partial charge >= 0.3 is 0 Å². The molecule has 0 saturated heterocycles. The average Bonchev–Trinajstić information content (AvgIpc) is 3.25. The standard InChI is InChI=1S/C55H99N2O6P/c1-6-8-10-12-14-16-18-20-22-24-26-27-28-29-31-32-34-36-38-40-42-44-46-48-54(58)53(52-63-64(60,61)62-51-50-57(3,4)5)56-55(59)49-47-45-43-41-39-37-35-33-30-25-23-21-19-17-15-13-11-9-7-2/h9,11,15,17,21,23,30,33,37-40,46,48,53-54,58H,6-8,10,12-14,16,18-20,22,24-29,31-32,34-36,41-45,47,49-52H2,1-5H3,(H-,56,59,60,61)/b11-9-,17-15-,23-21-,33-30-,39-37-,40-38+,48-46+. The molecule has 0 saturated carbocycles. The maximum Gasteiger partial charge on any atom is 0.268 e. The van der Waals surface area contributed by atoms with Gasteiger partial charge in [0.1, 0.15) is 13.2 Å². The number of amides is 1. The maximum atomic E-state index is 12.9. The van der Waals surface area contributed by atoms with E-state index in [2.05, 4.69) is 92.1 Å². The van der Waals surface area contributed by atoms with Gasteiger partial charge in [0.05, 0.1) is 39.9 Å². The topological polar surface area (TPSA) is 108 Å². The van der Waals surface area contributed by atoms with E-state index in [1.165, 1.54) is 109 Å². The van der Waals surface area contributed by atoms with Crippen molar-refractivity contribution in [2.45, 2.75) is 219 Å². The van der Waals surface area contributed by atoms with Gasteiger partial charge in [-0.1, -0.05) is 208 Å². The number of allylic oxidation sites excluding steroid dienone is 13. The summed E-state index contributed by atoms with van der Waals surface area (Å²) in [5.74, 6) is -0.241. The van der Waals surface area contributed by atoms with Crippen LogP contribution in [0.3, 0.4) is 0 Å². The Morgan fingerprint density at radius 3 is 1.45 bits per heavy atom. The molecule has 2 N–H and O–H groups in total. The molecule has 9 heteroatoms. The van der Waals surface area contributed by atoms with Gasteiger partial charge in [0.25, 0.3) is 7.82 Å². The van der Waals surface area contributed by atoms with Crippen molar-refractivity contribution in [2.75, 3.05) is 40.9 Å². The number of carbonyl (C=O) groups is 1. The summed E-state index contributed by atoms with van der Waals surface area (Å²) in [6, 6.07) is -0.926. The van der Waals surface area contributed by atoms with E-state index in [4.69, 9.17) is 9.05 Å². The number of carbonyl (C=O) groups excluding carboxylic acids is 1. The molecule has 8 nitrogen and oxygen atoms in total. The average molecular weight is 915 g/mol. The number of hydrogen-bond acceptors (Lipinski definition) is 6. The summed E-state index contributed by atoms with van der Waals surface area (Å²) in [4.78, 5) is 25.4. The molecule has 370 valence electrons. The highest BCUT2D eigenvalue weighted by Crippen LogP contribution is 2.38. The third-order valence-corrected chi connectivity index (χ3v) is 12.1. The van der Waals surface area contributed by atoms with Crippen molar-refractivity contribution in [1.29, 1.82) is 0 Å². The highest BCUT2D eigenvalue weighted by atomic mass is 31.2. The van der Waals surface area contributed by atoms with Crippen LogP contribution in [0.4, 0.5) is 0 Å². The van der Waals surface area contributed by atoms with Crippen molar-refractivity contribution in [3.8, 4) is 0 Å². The van der Waals surface area contributed by atoms with Crippen molar-refractivity contribution in [2.24, 2.45) is 0 Å². The first-order chi connectivity index (χ1) is 31.0. The molecule has 0 aromatic rings. The lowest BCUT2D eigenvalue weighted by Gasteiger charge is -2.29. The van der Waals surface area contributed by atoms with Gasteiger partial charge in [0.15, 0.2) is 0 Å². The Bertz CT molecular complexity index is 1310. The largest absolute Gasteiger partial charge is 0.756 e. The van der Waals surface area contributed by atoms with Gasteiger partial charge in [-0.25, -0.2) is 0 Å². The summed E-state index contributed by atoms with van der Waals surface area (Å²) < 4.78 is 23.2. The number of nitrogens with one attached hydrogen (secondary N) is 1. The molecule has 0 aromatic carbocycles. The van der Waals surface area contributed by atoms with Crippen molar-refractivity contribution in [1.82, 2.24) is 5.32 Å². The fourth-order valence-electron chi connectivity index (χ4n) is 7.02. The molecule has 64 heavy (non-hydrogen) atoms. The number of rotatable bonds is 46. The normalized spacial score (nSPS) is 14.8. The molecule has 1 amide bonds. The number of aliphatic hydroxyl groups is 1. The van der Waals surface area contributed by atoms with Crippen LogP contribution in [0.1, 0.15) is 206 Å². The summed E-state index contributed by atoms with van der Waals surface area (Å²) in [6.45, 7) is 4.48. The van der Waals surface area contributed by atoms with Crippen LogP contribution in [0.15, 0.2) is 85.1 Å². The molecule has 3 unspecified atom stereocenters. The zero-order valence-electron chi connectivity index (χ0n) is 42.0. The van der Waals surface area contributed by atoms with Gasteiger partial charge in [-0.05, 0) is 77.0 Å². The fourth-order valence-corrected chi connectivity index (χ4v) is 7.74. The number of quaternary nitrogens is 1. The molecule has 0 aromatic heterocycles. The Labute approximate surface area is 395 Å². The molecule has 0 rings (SSSR count). The summed E-state index contributed by atoms with van der Waals surface area (Å²) >= 11 is 0. The number of hydrogen-bond donors (Lipinski definition) is 2. The number of likely N-dealkylation sites (N-methyl/N-ethyl adjacent to an activating group) is 1. The molecule has 3 atom stereocenters. The molecule has 0 spiro atoms. The third-order valence-electron chi connectivity index (χ3n) is 11.1. The quantitative estimate of drug-likeness (QED) is 0.0273. The minimum Gasteiger partial charge on any atom is -0.756 e. The van der Waals surface area contributed by atoms with E-state index in [9.17, 15) is 19.4 Å². The first-order valence-corrected chi connectivity index (χ1v) is 27.4. The van der Waals surface area contributed by atoms with E-state index in [1.54, 1.807) is 6.08 Å². The highest BCUT2D eigenvalue weighted by Gasteiger charge is 2.23. The molecule has 0 fully saturated rings. The van der Waals surface area contributed by atoms with E-state index >= 15 is 0 Å². The van der Waals surface area contributed by atoms with Gasteiger partial charge in [-0.2, -0.15) is 0 Å². The molecule has 0 aliphatic carbocycles. The minimum absolute atomic E-state index is 0.0175. The molecular weight excluding hydrogens is 816 g/mol. The second-order valence-corrected chi connectivity index (χ2v) is 19.9. The monoisotopic (exact) mass is 915 g/mol. The van der Waals surface area contributed by atoms with Gasteiger partial charge in [0, 0.05) is 6.42 Å². The van der Waals surface area contributed by atoms with Crippen LogP contribution in [-0.4, -0.2) is 68.5 Å². The Kier molecular flexibility index (Phi) is 44.2. The number of unbranched alkanes of at least 4 members (excludes halogenated alkanes) is 21. The van der Waals surface area contributed by atoms with Crippen LogP contribution < -0.4 is 10.2 Å². The summed E-state index contributed by atoms with van der Waals surface area (Å²) in [5, 5.41) is 13.8. The lowest BCUT2D eigenvalue weighted by molar-refractivity contribution is -0.870. The van der Waals surface area contributed by atoms with Crippen LogP contribution in [-0.2, 0) is 18.4 Å². The van der Waals surface area contributed by atoms with Crippen LogP contribution in [0.2, 0.25) is 0 Å². The maximum absolute atomic E-state index is 12.9. The summed E-state index contributed by atoms with van der Waals surface area (Å²) in [6.07, 6.45) is 63.7. The fraction of sp³-hybridized carbons (Fsp3) is 0.727. The zero-order valence-corrected chi connectivity index (χ0v) is 42.8. The van der Waals surface area contributed by atoms with Crippen molar-refractivity contribution in [3.63, 3.8) is 0 Å². The van der Waals surface area contributed by atoms with Crippen LogP contribution >= 0.6 is 7.82 Å². The second-order valence-electron chi connectivity index (χ2n) is 18.5. The molecule has 0 aliphatic rings. The molecule has 0 bridgehead atoms. The van der Waals surface area contributed by atoms with Crippen molar-refractivity contribution in [3.05, 3.63) is 85.1 Å². The van der Waals surface area contributed by atoms with Crippen molar-refractivity contribution < 1.29 is 32.9 Å². The van der Waals surface area contributed by atoms with E-state index in [-0.39, 0.29) is 18.9 Å². The lowest BCUT2D eigenvalue weighted by Crippen LogP contribution is -2.45. The van der Waals surface area contributed by atoms with Gasteiger partial charge in [-0.15, -0.1) is 0 Å². The minimum atomic E-state index is -4.62. The second kappa shape index (κ2) is 45.8. The third kappa shape index (κ3) is 47.6. The molecule has 0 radical (unpaired) electrons. The first-order valence-electron chi connectivity index (χ1n) is 25.9. The number of aliphatic hydroxyl groups excluding tert-OH is 1. The van der Waals surface area contributed by atoms with E-state index in [0.29, 0.717) is 17.4 Å². The summed E-state index contributed by atoms with van der Waals surface area (Å²) in [5.41, 5.74) is 0. The van der Waals surface area contributed by atoms with Crippen LogP contribution in [0.25, 0.3) is 0 Å². The molecule has 0 aliphatic heterocycles. The Hall–Kier alpha value is -2.32. The number of phosphoric ester groups is 1. The van der Waals surface area contributed by atoms with Crippen molar-refractivity contribution >= 4 is 13.7 Å². The van der Waals surface area contributed by atoms with E-state index in [1.807, 2.05) is 27.2 Å². The molecule has 0 heterocycles. The summed E-state index contributed by atoms with van der Waals surface area (Å²) in [7, 11) is 1.21. The van der Waals surface area contributed by atoms with E-state index in [0.717, 1.165) is 70.6 Å². The predicted molar refractivity (Wildman–Crippen MR) is 274 cm³/mol. The van der Waals surface area contributed by atoms with E-state index < -0.39 is 26.6 Å². The highest BCUT2D eigenvalue weighted by molar-refractivity contribution is 7.45.